The molecule has 6 nitrogen and oxygen atoms in total. The van der Waals surface area contributed by atoms with Gasteiger partial charge in [-0.25, -0.2) is 9.37 Å². The number of nitrogens with zero attached hydrogens (tertiary/aromatic N) is 3. The monoisotopic (exact) mass is 390 g/mol. The largest absolute Gasteiger partial charge is 0.497 e. The lowest BCUT2D eigenvalue weighted by Gasteiger charge is -2.10. The zero-order valence-electron chi connectivity index (χ0n) is 16.2. The van der Waals surface area contributed by atoms with Gasteiger partial charge in [0.05, 0.1) is 29.4 Å². The van der Waals surface area contributed by atoms with Gasteiger partial charge >= 0.3 is 0 Å². The lowest BCUT2D eigenvalue weighted by molar-refractivity contribution is 0.102. The molecular weight excluding hydrogens is 371 g/mol. The van der Waals surface area contributed by atoms with E-state index in [9.17, 15) is 9.18 Å². The summed E-state index contributed by atoms with van der Waals surface area (Å²) in [7, 11) is 3.38. The van der Waals surface area contributed by atoms with Crippen molar-refractivity contribution in [2.24, 2.45) is 7.05 Å². The SMILES string of the molecule is COc1cccc(-c2cc(C(=O)Nc3cccc(F)c3)c3c(C)nn(C)c3n2)c1. The van der Waals surface area contributed by atoms with Crippen LogP contribution in [0, 0.1) is 12.7 Å². The summed E-state index contributed by atoms with van der Waals surface area (Å²) in [5.41, 5.74) is 3.50. The third-order valence-corrected chi connectivity index (χ3v) is 4.66. The van der Waals surface area contributed by atoms with E-state index >= 15 is 0 Å². The molecule has 0 saturated heterocycles. The van der Waals surface area contributed by atoms with Gasteiger partial charge in [-0.2, -0.15) is 5.10 Å². The van der Waals surface area contributed by atoms with Gasteiger partial charge in [0.1, 0.15) is 11.6 Å². The molecule has 0 aliphatic carbocycles. The van der Waals surface area contributed by atoms with Crippen molar-refractivity contribution < 1.29 is 13.9 Å². The van der Waals surface area contributed by atoms with Crippen molar-refractivity contribution in [1.29, 1.82) is 0 Å². The molecule has 0 spiro atoms. The quantitative estimate of drug-likeness (QED) is 0.563. The van der Waals surface area contributed by atoms with Crippen LogP contribution in [0.2, 0.25) is 0 Å². The van der Waals surface area contributed by atoms with Crippen LogP contribution in [0.5, 0.6) is 5.75 Å². The van der Waals surface area contributed by atoms with Crippen LogP contribution in [-0.2, 0) is 7.05 Å². The molecule has 29 heavy (non-hydrogen) atoms. The average Bonchev–Trinajstić information content (AvgIpc) is 3.01. The Labute approximate surface area is 167 Å². The molecule has 7 heteroatoms. The Balaban J connectivity index is 1.86. The zero-order chi connectivity index (χ0) is 20.5. The third-order valence-electron chi connectivity index (χ3n) is 4.66. The molecule has 4 rings (SSSR count). The maximum Gasteiger partial charge on any atom is 0.256 e. The van der Waals surface area contributed by atoms with Crippen LogP contribution in [0.3, 0.4) is 0 Å². The van der Waals surface area contributed by atoms with Gasteiger partial charge in [-0.3, -0.25) is 9.48 Å². The van der Waals surface area contributed by atoms with Gasteiger partial charge in [-0.1, -0.05) is 18.2 Å². The van der Waals surface area contributed by atoms with Crippen LogP contribution in [0.4, 0.5) is 10.1 Å². The van der Waals surface area contributed by atoms with Crippen molar-refractivity contribution in [2.75, 3.05) is 12.4 Å². The highest BCUT2D eigenvalue weighted by atomic mass is 19.1. The van der Waals surface area contributed by atoms with E-state index in [0.29, 0.717) is 39.4 Å². The van der Waals surface area contributed by atoms with E-state index in [2.05, 4.69) is 10.4 Å². The molecule has 1 amide bonds. The van der Waals surface area contributed by atoms with Crippen molar-refractivity contribution >= 4 is 22.6 Å². The van der Waals surface area contributed by atoms with Crippen molar-refractivity contribution in [2.45, 2.75) is 6.92 Å². The highest BCUT2D eigenvalue weighted by molar-refractivity contribution is 6.13. The van der Waals surface area contributed by atoms with Crippen LogP contribution in [0.15, 0.2) is 54.6 Å². The molecule has 0 fully saturated rings. The molecular formula is C22H19FN4O2. The number of aryl methyl sites for hydroxylation is 2. The Morgan fingerprint density at radius 1 is 1.14 bits per heavy atom. The van der Waals surface area contributed by atoms with Crippen LogP contribution < -0.4 is 10.1 Å². The second kappa shape index (κ2) is 7.35. The number of rotatable bonds is 4. The summed E-state index contributed by atoms with van der Waals surface area (Å²) < 4.78 is 20.5. The average molecular weight is 390 g/mol. The predicted molar refractivity (Wildman–Crippen MR) is 110 cm³/mol. The lowest BCUT2D eigenvalue weighted by Crippen LogP contribution is -2.13. The number of carbonyl (C=O) groups is 1. The second-order valence-corrected chi connectivity index (χ2v) is 6.66. The molecule has 0 atom stereocenters. The van der Waals surface area contributed by atoms with E-state index in [-0.39, 0.29) is 5.91 Å². The van der Waals surface area contributed by atoms with Gasteiger partial charge in [-0.15, -0.1) is 0 Å². The topological polar surface area (TPSA) is 69.0 Å². The summed E-state index contributed by atoms with van der Waals surface area (Å²) >= 11 is 0. The molecule has 0 aliphatic heterocycles. The number of fused-ring (bicyclic) bond motifs is 1. The van der Waals surface area contributed by atoms with Gasteiger partial charge in [0.25, 0.3) is 5.91 Å². The van der Waals surface area contributed by atoms with Gasteiger partial charge in [-0.05, 0) is 43.3 Å². The van der Waals surface area contributed by atoms with E-state index < -0.39 is 5.82 Å². The number of ether oxygens (including phenoxy) is 1. The number of nitrogens with one attached hydrogen (secondary N) is 1. The number of benzene rings is 2. The van der Waals surface area contributed by atoms with Crippen molar-refractivity contribution in [3.63, 3.8) is 0 Å². The number of amides is 1. The number of methoxy groups -OCH3 is 1. The van der Waals surface area contributed by atoms with Gasteiger partial charge in [0.15, 0.2) is 5.65 Å². The van der Waals surface area contributed by atoms with Crippen LogP contribution in [0.1, 0.15) is 16.1 Å². The number of carbonyl (C=O) groups excluding carboxylic acids is 1. The molecule has 2 aromatic carbocycles. The molecule has 146 valence electrons. The first-order valence-corrected chi connectivity index (χ1v) is 9.02. The number of aromatic nitrogens is 3. The molecule has 0 saturated carbocycles. The molecule has 0 bridgehead atoms. The summed E-state index contributed by atoms with van der Waals surface area (Å²) in [5.74, 6) is -0.0862. The third kappa shape index (κ3) is 3.54. The van der Waals surface area contributed by atoms with Gasteiger partial charge in [0.2, 0.25) is 0 Å². The summed E-state index contributed by atoms with van der Waals surface area (Å²) in [4.78, 5) is 17.8. The molecule has 0 radical (unpaired) electrons. The van der Waals surface area contributed by atoms with Crippen LogP contribution in [0.25, 0.3) is 22.3 Å². The number of hydrogen-bond donors (Lipinski definition) is 1. The first kappa shape index (κ1) is 18.6. The van der Waals surface area contributed by atoms with Crippen LogP contribution >= 0.6 is 0 Å². The Hall–Kier alpha value is -3.74. The number of hydrogen-bond acceptors (Lipinski definition) is 4. The van der Waals surface area contributed by atoms with E-state index in [1.807, 2.05) is 31.2 Å². The zero-order valence-corrected chi connectivity index (χ0v) is 16.2. The van der Waals surface area contributed by atoms with E-state index in [4.69, 9.17) is 9.72 Å². The summed E-state index contributed by atoms with van der Waals surface area (Å²) in [6.07, 6.45) is 0. The standard InChI is InChI=1S/C22H19FN4O2/c1-13-20-18(22(28)24-16-8-5-7-15(23)11-16)12-19(25-21(20)27(2)26-13)14-6-4-9-17(10-14)29-3/h4-12H,1-3H3,(H,24,28). The molecule has 1 N–H and O–H groups in total. The highest BCUT2D eigenvalue weighted by Crippen LogP contribution is 2.29. The molecule has 2 aromatic heterocycles. The molecule has 4 aromatic rings. The van der Waals surface area contributed by atoms with Gasteiger partial charge in [0, 0.05) is 18.3 Å². The van der Waals surface area contributed by atoms with Gasteiger partial charge < -0.3 is 10.1 Å². The maximum absolute atomic E-state index is 13.5. The fourth-order valence-corrected chi connectivity index (χ4v) is 3.32. The number of anilines is 1. The van der Waals surface area contributed by atoms with E-state index in [1.165, 1.54) is 12.1 Å². The Kier molecular flexibility index (Phi) is 4.72. The predicted octanol–water partition coefficient (Wildman–Crippen LogP) is 4.34. The van der Waals surface area contributed by atoms with Crippen LogP contribution in [-0.4, -0.2) is 27.8 Å². The van der Waals surface area contributed by atoms with Crippen molar-refractivity contribution in [3.8, 4) is 17.0 Å². The smallest absolute Gasteiger partial charge is 0.256 e. The molecule has 0 unspecified atom stereocenters. The normalized spacial score (nSPS) is 10.9. The maximum atomic E-state index is 13.5. The molecule has 2 heterocycles. The minimum Gasteiger partial charge on any atom is -0.497 e. The summed E-state index contributed by atoms with van der Waals surface area (Å²) in [5, 5.41) is 7.83. The molecule has 0 aliphatic rings. The Bertz CT molecular complexity index is 1230. The minimum atomic E-state index is -0.419. The first-order chi connectivity index (χ1) is 14.0. The highest BCUT2D eigenvalue weighted by Gasteiger charge is 2.19. The van der Waals surface area contributed by atoms with Crippen molar-refractivity contribution in [1.82, 2.24) is 14.8 Å². The Morgan fingerprint density at radius 3 is 2.69 bits per heavy atom. The fraction of sp³-hybridized carbons (Fsp3) is 0.136. The Morgan fingerprint density at radius 2 is 1.93 bits per heavy atom. The fourth-order valence-electron chi connectivity index (χ4n) is 3.32. The summed E-state index contributed by atoms with van der Waals surface area (Å²) in [6.45, 7) is 1.83. The summed E-state index contributed by atoms with van der Waals surface area (Å²) in [6, 6.07) is 15.0. The lowest BCUT2D eigenvalue weighted by atomic mass is 10.0. The van der Waals surface area contributed by atoms with Crippen molar-refractivity contribution in [3.05, 3.63) is 71.7 Å². The van der Waals surface area contributed by atoms with E-state index in [1.54, 1.807) is 37.0 Å². The number of halogens is 1. The number of pyridine rings is 1. The first-order valence-electron chi connectivity index (χ1n) is 9.02. The second-order valence-electron chi connectivity index (χ2n) is 6.66. The minimum absolute atomic E-state index is 0.358. The van der Waals surface area contributed by atoms with E-state index in [0.717, 1.165) is 5.56 Å².